The average Bonchev–Trinajstić information content (AvgIpc) is 3.18. The van der Waals surface area contributed by atoms with Gasteiger partial charge in [0, 0.05) is 6.04 Å². The number of nitrogens with zero attached hydrogens (tertiary/aromatic N) is 1. The zero-order valence-corrected chi connectivity index (χ0v) is 12.7. The first kappa shape index (κ1) is 16.3. The van der Waals surface area contributed by atoms with Crippen LogP contribution in [0.15, 0.2) is 29.2 Å². The van der Waals surface area contributed by atoms with Crippen LogP contribution in [0.2, 0.25) is 0 Å². The van der Waals surface area contributed by atoms with Crippen LogP contribution in [0.1, 0.15) is 25.3 Å². The van der Waals surface area contributed by atoms with Gasteiger partial charge in [-0.25, -0.2) is 8.42 Å². The highest BCUT2D eigenvalue weighted by Crippen LogP contribution is 2.38. The molecule has 0 aromatic heterocycles. The summed E-state index contributed by atoms with van der Waals surface area (Å²) in [6.07, 6.45) is -3.00. The van der Waals surface area contributed by atoms with Gasteiger partial charge in [0.1, 0.15) is 6.54 Å². The molecule has 1 fully saturated rings. The Bertz CT molecular complexity index is 609. The zero-order chi connectivity index (χ0) is 15.8. The molecule has 1 atom stereocenters. The summed E-state index contributed by atoms with van der Waals surface area (Å²) >= 11 is 0. The molecule has 2 rings (SSSR count). The minimum atomic E-state index is -4.56. The highest BCUT2D eigenvalue weighted by molar-refractivity contribution is 7.89. The molecule has 0 bridgehead atoms. The highest BCUT2D eigenvalue weighted by Gasteiger charge is 2.44. The van der Waals surface area contributed by atoms with Crippen LogP contribution >= 0.6 is 0 Å². The average molecular weight is 321 g/mol. The highest BCUT2D eigenvalue weighted by atomic mass is 32.2. The van der Waals surface area contributed by atoms with Crippen molar-refractivity contribution in [2.24, 2.45) is 5.92 Å². The Labute approximate surface area is 122 Å². The van der Waals surface area contributed by atoms with Gasteiger partial charge in [0.2, 0.25) is 10.0 Å². The van der Waals surface area contributed by atoms with E-state index in [-0.39, 0.29) is 10.8 Å². The van der Waals surface area contributed by atoms with Crippen LogP contribution in [0.3, 0.4) is 0 Å². The number of hydrogen-bond donors (Lipinski definition) is 0. The molecule has 7 heteroatoms. The predicted octanol–water partition coefficient (Wildman–Crippen LogP) is 3.35. The van der Waals surface area contributed by atoms with E-state index in [1.807, 2.05) is 0 Å². The second-order valence-corrected chi connectivity index (χ2v) is 7.37. The largest absolute Gasteiger partial charge is 0.402 e. The number of rotatable bonds is 5. The zero-order valence-electron chi connectivity index (χ0n) is 11.9. The Morgan fingerprint density at radius 3 is 2.33 bits per heavy atom. The second-order valence-electron chi connectivity index (χ2n) is 5.51. The molecule has 21 heavy (non-hydrogen) atoms. The van der Waals surface area contributed by atoms with Crippen molar-refractivity contribution in [2.75, 3.05) is 6.54 Å². The fourth-order valence-corrected chi connectivity index (χ4v) is 4.31. The molecule has 0 amide bonds. The SMILES string of the molecule is Cc1ccccc1S(=O)(=O)N(CC(F)(F)F)C(C)C1CC1. The quantitative estimate of drug-likeness (QED) is 0.834. The van der Waals surface area contributed by atoms with Crippen molar-refractivity contribution in [3.63, 3.8) is 0 Å². The van der Waals surface area contributed by atoms with E-state index in [2.05, 4.69) is 0 Å². The van der Waals surface area contributed by atoms with Gasteiger partial charge in [-0.05, 0) is 44.2 Å². The predicted molar refractivity (Wildman–Crippen MR) is 73.3 cm³/mol. The summed E-state index contributed by atoms with van der Waals surface area (Å²) < 4.78 is 64.2. The first-order valence-corrected chi connectivity index (χ1v) is 8.21. The van der Waals surface area contributed by atoms with Crippen LogP contribution in [0.5, 0.6) is 0 Å². The van der Waals surface area contributed by atoms with E-state index in [1.54, 1.807) is 26.0 Å². The van der Waals surface area contributed by atoms with Crippen molar-refractivity contribution in [3.8, 4) is 0 Å². The number of alkyl halides is 3. The summed E-state index contributed by atoms with van der Waals surface area (Å²) in [7, 11) is -4.16. The second kappa shape index (κ2) is 5.61. The number of aryl methyl sites for hydroxylation is 1. The molecule has 1 unspecified atom stereocenters. The lowest BCUT2D eigenvalue weighted by Gasteiger charge is -2.29. The topological polar surface area (TPSA) is 37.4 Å². The van der Waals surface area contributed by atoms with Gasteiger partial charge in [0.15, 0.2) is 0 Å². The van der Waals surface area contributed by atoms with Crippen LogP contribution in [-0.4, -0.2) is 31.5 Å². The molecule has 1 aromatic carbocycles. The van der Waals surface area contributed by atoms with Gasteiger partial charge in [-0.2, -0.15) is 17.5 Å². The Balaban J connectivity index is 2.41. The number of sulfonamides is 1. The van der Waals surface area contributed by atoms with E-state index in [1.165, 1.54) is 12.1 Å². The Morgan fingerprint density at radius 2 is 1.86 bits per heavy atom. The van der Waals surface area contributed by atoms with Crippen LogP contribution < -0.4 is 0 Å². The molecule has 0 saturated heterocycles. The first-order chi connectivity index (χ1) is 9.63. The minimum absolute atomic E-state index is 0.0196. The first-order valence-electron chi connectivity index (χ1n) is 6.77. The van der Waals surface area contributed by atoms with Crippen LogP contribution in [0.4, 0.5) is 13.2 Å². The Morgan fingerprint density at radius 1 is 1.29 bits per heavy atom. The molecule has 0 aliphatic heterocycles. The van der Waals surface area contributed by atoms with E-state index in [0.717, 1.165) is 12.8 Å². The minimum Gasteiger partial charge on any atom is -0.207 e. The van der Waals surface area contributed by atoms with E-state index < -0.39 is 28.8 Å². The van der Waals surface area contributed by atoms with Crippen molar-refractivity contribution in [3.05, 3.63) is 29.8 Å². The van der Waals surface area contributed by atoms with Crippen molar-refractivity contribution in [1.29, 1.82) is 0 Å². The normalized spacial score (nSPS) is 18.0. The molecular weight excluding hydrogens is 303 g/mol. The van der Waals surface area contributed by atoms with E-state index in [0.29, 0.717) is 9.87 Å². The lowest BCUT2D eigenvalue weighted by atomic mass is 10.2. The Hall–Kier alpha value is -1.08. The Kier molecular flexibility index (Phi) is 4.35. The molecular formula is C14H18F3NO2S. The molecule has 0 N–H and O–H groups in total. The molecule has 1 aliphatic carbocycles. The summed E-state index contributed by atoms with van der Waals surface area (Å²) in [5.41, 5.74) is 0.452. The van der Waals surface area contributed by atoms with Crippen molar-refractivity contribution >= 4 is 10.0 Å². The maximum Gasteiger partial charge on any atom is 0.402 e. The molecule has 1 aliphatic rings. The molecule has 0 radical (unpaired) electrons. The fraction of sp³-hybridized carbons (Fsp3) is 0.571. The van der Waals surface area contributed by atoms with Gasteiger partial charge in [0.25, 0.3) is 0 Å². The summed E-state index contributed by atoms with van der Waals surface area (Å²) in [5, 5.41) is 0. The molecule has 0 spiro atoms. The maximum absolute atomic E-state index is 12.8. The smallest absolute Gasteiger partial charge is 0.207 e. The van der Waals surface area contributed by atoms with Crippen molar-refractivity contribution in [2.45, 2.75) is 43.8 Å². The molecule has 1 aromatic rings. The molecule has 0 heterocycles. The molecule has 118 valence electrons. The lowest BCUT2D eigenvalue weighted by Crippen LogP contribution is -2.45. The van der Waals surface area contributed by atoms with Gasteiger partial charge >= 0.3 is 6.18 Å². The fourth-order valence-electron chi connectivity index (χ4n) is 2.41. The van der Waals surface area contributed by atoms with Crippen LogP contribution in [-0.2, 0) is 10.0 Å². The number of halogens is 3. The third-order valence-corrected chi connectivity index (χ3v) is 5.87. The van der Waals surface area contributed by atoms with Gasteiger partial charge in [-0.1, -0.05) is 18.2 Å². The summed E-state index contributed by atoms with van der Waals surface area (Å²) in [6.45, 7) is 1.70. The third-order valence-electron chi connectivity index (χ3n) is 3.77. The standard InChI is InChI=1S/C14H18F3NO2S/c1-10-5-3-4-6-13(10)21(19,20)18(9-14(15,16)17)11(2)12-7-8-12/h3-6,11-12H,7-9H2,1-2H3. The van der Waals surface area contributed by atoms with Crippen LogP contribution in [0.25, 0.3) is 0 Å². The maximum atomic E-state index is 12.8. The third kappa shape index (κ3) is 3.77. The van der Waals surface area contributed by atoms with Crippen molar-refractivity contribution in [1.82, 2.24) is 4.31 Å². The van der Waals surface area contributed by atoms with E-state index in [4.69, 9.17) is 0 Å². The van der Waals surface area contributed by atoms with Gasteiger partial charge < -0.3 is 0 Å². The van der Waals surface area contributed by atoms with Crippen molar-refractivity contribution < 1.29 is 21.6 Å². The summed E-state index contributed by atoms with van der Waals surface area (Å²) in [5.74, 6) is 0.0196. The number of benzene rings is 1. The monoisotopic (exact) mass is 321 g/mol. The number of hydrogen-bond acceptors (Lipinski definition) is 2. The van der Waals surface area contributed by atoms with Crippen LogP contribution in [0, 0.1) is 12.8 Å². The lowest BCUT2D eigenvalue weighted by molar-refractivity contribution is -0.139. The van der Waals surface area contributed by atoms with Gasteiger partial charge in [-0.3, -0.25) is 0 Å². The summed E-state index contributed by atoms with van der Waals surface area (Å²) in [4.78, 5) is -0.0539. The van der Waals surface area contributed by atoms with E-state index >= 15 is 0 Å². The molecule has 3 nitrogen and oxygen atoms in total. The molecule has 1 saturated carbocycles. The van der Waals surface area contributed by atoms with Gasteiger partial charge in [0.05, 0.1) is 4.90 Å². The van der Waals surface area contributed by atoms with E-state index in [9.17, 15) is 21.6 Å². The van der Waals surface area contributed by atoms with Gasteiger partial charge in [-0.15, -0.1) is 0 Å². The summed E-state index contributed by atoms with van der Waals surface area (Å²) in [6, 6.07) is 5.48.